The van der Waals surface area contributed by atoms with E-state index in [0.29, 0.717) is 17.1 Å². The smallest absolute Gasteiger partial charge is 0.347 e. The van der Waals surface area contributed by atoms with E-state index in [0.717, 1.165) is 5.56 Å². The van der Waals surface area contributed by atoms with Crippen LogP contribution in [0.2, 0.25) is 0 Å². The topological polar surface area (TPSA) is 57.2 Å². The molecule has 2 rings (SSSR count). The van der Waals surface area contributed by atoms with E-state index in [1.807, 2.05) is 37.5 Å². The van der Waals surface area contributed by atoms with E-state index in [1.165, 1.54) is 0 Å². The Morgan fingerprint density at radius 3 is 2.37 bits per heavy atom. The Labute approximate surface area is 112 Å². The van der Waals surface area contributed by atoms with Gasteiger partial charge in [0.15, 0.2) is 0 Å². The number of nitrogens with two attached hydrogens (primary N) is 1. The minimum Gasteiger partial charge on any atom is -0.423 e. The molecule has 0 fully saturated rings. The van der Waals surface area contributed by atoms with Gasteiger partial charge in [-0.3, -0.25) is 0 Å². The number of esters is 1. The lowest BCUT2D eigenvalue weighted by atomic mass is 10.2. The Balaban J connectivity index is 2.18. The van der Waals surface area contributed by atoms with Gasteiger partial charge < -0.3 is 15.0 Å². The first-order valence-corrected chi connectivity index (χ1v) is 6.24. The number of carbonyl (C=O) groups excluding carboxylic acids is 1. The van der Waals surface area contributed by atoms with Crippen LogP contribution in [-0.2, 0) is 0 Å². The van der Waals surface area contributed by atoms with E-state index in [4.69, 9.17) is 10.5 Å². The lowest BCUT2D eigenvalue weighted by molar-refractivity contribution is 0.0736. The van der Waals surface area contributed by atoms with Crippen LogP contribution in [0.4, 0.5) is 5.82 Å². The highest BCUT2D eigenvalue weighted by Crippen LogP contribution is 2.21. The number of hydrogen-bond donors (Lipinski definition) is 1. The van der Waals surface area contributed by atoms with Gasteiger partial charge in [-0.2, -0.15) is 0 Å². The molecule has 0 bridgehead atoms. The molecule has 4 heteroatoms. The Morgan fingerprint density at radius 1 is 1.21 bits per heavy atom. The molecule has 0 aliphatic heterocycles. The van der Waals surface area contributed by atoms with E-state index in [9.17, 15) is 4.79 Å². The fourth-order valence-electron chi connectivity index (χ4n) is 1.85. The highest BCUT2D eigenvalue weighted by Gasteiger charge is 2.16. The number of carbonyl (C=O) groups is 1. The average Bonchev–Trinajstić information content (AvgIpc) is 2.74. The quantitative estimate of drug-likeness (QED) is 0.679. The van der Waals surface area contributed by atoms with Gasteiger partial charge in [-0.25, -0.2) is 4.79 Å². The molecule has 0 saturated carbocycles. The van der Waals surface area contributed by atoms with Crippen molar-refractivity contribution in [2.24, 2.45) is 0 Å². The summed E-state index contributed by atoms with van der Waals surface area (Å²) in [7, 11) is 0. The summed E-state index contributed by atoms with van der Waals surface area (Å²) in [6, 6.07) is 9.22. The fraction of sp³-hybridized carbons (Fsp3) is 0.267. The third kappa shape index (κ3) is 2.78. The number of rotatable bonds is 3. The number of aryl methyl sites for hydroxylation is 1. The number of benzene rings is 1. The minimum atomic E-state index is -0.430. The molecule has 0 aliphatic rings. The van der Waals surface area contributed by atoms with Gasteiger partial charge in [0.05, 0.1) is 0 Å². The summed E-state index contributed by atoms with van der Waals surface area (Å²) in [6.45, 7) is 5.99. The maximum atomic E-state index is 12.0. The Hall–Kier alpha value is -2.23. The summed E-state index contributed by atoms with van der Waals surface area (Å²) in [4.78, 5) is 12.0. The van der Waals surface area contributed by atoms with Gasteiger partial charge in [-0.1, -0.05) is 17.7 Å². The summed E-state index contributed by atoms with van der Waals surface area (Å²) < 4.78 is 7.14. The maximum Gasteiger partial charge on any atom is 0.347 e. The van der Waals surface area contributed by atoms with Crippen LogP contribution in [0.25, 0.3) is 0 Å². The maximum absolute atomic E-state index is 12.0. The highest BCUT2D eigenvalue weighted by molar-refractivity contribution is 5.95. The van der Waals surface area contributed by atoms with Crippen LogP contribution in [0.3, 0.4) is 0 Å². The van der Waals surface area contributed by atoms with Gasteiger partial charge in [0.2, 0.25) is 0 Å². The molecule has 0 spiro atoms. The van der Waals surface area contributed by atoms with Crippen molar-refractivity contribution in [2.45, 2.75) is 26.8 Å². The molecule has 4 nitrogen and oxygen atoms in total. The van der Waals surface area contributed by atoms with E-state index in [1.54, 1.807) is 24.4 Å². The molecular weight excluding hydrogens is 240 g/mol. The second-order valence-corrected chi connectivity index (χ2v) is 4.82. The third-order valence-corrected chi connectivity index (χ3v) is 2.96. The van der Waals surface area contributed by atoms with Crippen molar-refractivity contribution in [3.8, 4) is 5.75 Å². The van der Waals surface area contributed by atoms with E-state index in [-0.39, 0.29) is 6.04 Å². The van der Waals surface area contributed by atoms with Crippen LogP contribution in [-0.4, -0.2) is 10.5 Å². The molecule has 0 aliphatic carbocycles. The molecule has 0 amide bonds. The minimum absolute atomic E-state index is 0.209. The highest BCUT2D eigenvalue weighted by atomic mass is 16.5. The number of nitrogen functional groups attached to an aromatic ring is 1. The van der Waals surface area contributed by atoms with Crippen molar-refractivity contribution in [3.63, 3.8) is 0 Å². The fourth-order valence-corrected chi connectivity index (χ4v) is 1.85. The Morgan fingerprint density at radius 2 is 1.84 bits per heavy atom. The monoisotopic (exact) mass is 258 g/mol. The van der Waals surface area contributed by atoms with E-state index < -0.39 is 5.97 Å². The predicted molar refractivity (Wildman–Crippen MR) is 75.4 cm³/mol. The van der Waals surface area contributed by atoms with Crippen LogP contribution in [0, 0.1) is 6.92 Å². The number of anilines is 1. The van der Waals surface area contributed by atoms with Crippen molar-refractivity contribution in [1.82, 2.24) is 4.57 Å². The summed E-state index contributed by atoms with van der Waals surface area (Å²) in [5, 5.41) is 0. The number of nitrogens with zero attached hydrogens (tertiary/aromatic N) is 1. The first-order chi connectivity index (χ1) is 8.99. The van der Waals surface area contributed by atoms with Crippen molar-refractivity contribution >= 4 is 11.8 Å². The number of aromatic nitrogens is 1. The van der Waals surface area contributed by atoms with Gasteiger partial charge in [0.25, 0.3) is 0 Å². The number of ether oxygens (including phenoxy) is 1. The average molecular weight is 258 g/mol. The molecule has 1 heterocycles. The Kier molecular flexibility index (Phi) is 3.60. The van der Waals surface area contributed by atoms with Crippen LogP contribution in [0.15, 0.2) is 36.5 Å². The molecule has 0 saturated heterocycles. The molecule has 0 atom stereocenters. The molecule has 0 radical (unpaired) electrons. The second kappa shape index (κ2) is 5.18. The largest absolute Gasteiger partial charge is 0.423 e. The Bertz CT molecular complexity index is 583. The van der Waals surface area contributed by atoms with Crippen molar-refractivity contribution < 1.29 is 9.53 Å². The summed E-state index contributed by atoms with van der Waals surface area (Å²) in [5.74, 6) is 0.528. The van der Waals surface area contributed by atoms with E-state index in [2.05, 4.69) is 0 Å². The van der Waals surface area contributed by atoms with E-state index >= 15 is 0 Å². The molecule has 1 aromatic heterocycles. The first kappa shape index (κ1) is 13.2. The number of hydrogen-bond acceptors (Lipinski definition) is 3. The van der Waals surface area contributed by atoms with Gasteiger partial charge in [-0.05, 0) is 39.0 Å². The predicted octanol–water partition coefficient (Wildman–Crippen LogP) is 3.18. The van der Waals surface area contributed by atoms with Gasteiger partial charge >= 0.3 is 5.97 Å². The molecule has 19 heavy (non-hydrogen) atoms. The van der Waals surface area contributed by atoms with Crippen LogP contribution < -0.4 is 10.5 Å². The molecule has 2 N–H and O–H groups in total. The van der Waals surface area contributed by atoms with Crippen LogP contribution >= 0.6 is 0 Å². The SMILES string of the molecule is Cc1ccc(OC(=O)c2ccn(C(C)C)c2N)cc1. The second-order valence-electron chi connectivity index (χ2n) is 4.82. The van der Waals surface area contributed by atoms with Gasteiger partial charge in [0, 0.05) is 12.2 Å². The normalized spacial score (nSPS) is 10.7. The van der Waals surface area contributed by atoms with Crippen LogP contribution in [0.5, 0.6) is 5.75 Å². The zero-order chi connectivity index (χ0) is 14.0. The lowest BCUT2D eigenvalue weighted by Crippen LogP contribution is -2.12. The van der Waals surface area contributed by atoms with Crippen LogP contribution in [0.1, 0.15) is 35.8 Å². The molecule has 100 valence electrons. The van der Waals surface area contributed by atoms with Gasteiger partial charge in [0.1, 0.15) is 17.1 Å². The van der Waals surface area contributed by atoms with Crippen molar-refractivity contribution in [3.05, 3.63) is 47.7 Å². The molecule has 1 aromatic carbocycles. The first-order valence-electron chi connectivity index (χ1n) is 6.24. The van der Waals surface area contributed by atoms with Crippen molar-refractivity contribution in [1.29, 1.82) is 0 Å². The molecule has 0 unspecified atom stereocenters. The molecule has 2 aromatic rings. The van der Waals surface area contributed by atoms with Gasteiger partial charge in [-0.15, -0.1) is 0 Å². The summed E-state index contributed by atoms with van der Waals surface area (Å²) >= 11 is 0. The zero-order valence-corrected chi connectivity index (χ0v) is 11.4. The summed E-state index contributed by atoms with van der Waals surface area (Å²) in [5.41, 5.74) is 7.46. The molecular formula is C15H18N2O2. The standard InChI is InChI=1S/C15H18N2O2/c1-10(2)17-9-8-13(14(17)16)15(18)19-12-6-4-11(3)5-7-12/h4-10H,16H2,1-3H3. The third-order valence-electron chi connectivity index (χ3n) is 2.96. The van der Waals surface area contributed by atoms with Crippen molar-refractivity contribution in [2.75, 3.05) is 5.73 Å². The summed E-state index contributed by atoms with van der Waals surface area (Å²) in [6.07, 6.45) is 1.80. The zero-order valence-electron chi connectivity index (χ0n) is 11.4. The lowest BCUT2D eigenvalue weighted by Gasteiger charge is -2.10.